The number of unbranched alkanes of at least 4 members (excludes halogenated alkanes) is 1. The summed E-state index contributed by atoms with van der Waals surface area (Å²) in [5.41, 5.74) is 8.02. The van der Waals surface area contributed by atoms with Crippen molar-refractivity contribution in [3.05, 3.63) is 35.9 Å². The molecule has 1 saturated heterocycles. The van der Waals surface area contributed by atoms with Crippen molar-refractivity contribution in [1.29, 1.82) is 0 Å². The standard InChI is InChI=1S/C17H29N3O/c1-2-3-11-21-12-7-10-18-13-16-14-19-20-17(16)15-8-5-4-6-9-15/h4-6,8-9,16-20H,2-3,7,10-14H2,1H3. The lowest BCUT2D eigenvalue weighted by atomic mass is 9.95. The molecule has 0 radical (unpaired) electrons. The Bertz CT molecular complexity index is 372. The summed E-state index contributed by atoms with van der Waals surface area (Å²) >= 11 is 0. The van der Waals surface area contributed by atoms with Gasteiger partial charge in [-0.25, -0.2) is 5.43 Å². The molecule has 1 heterocycles. The molecule has 1 fully saturated rings. The molecule has 2 unspecified atom stereocenters. The Kier molecular flexibility index (Phi) is 7.75. The van der Waals surface area contributed by atoms with Crippen LogP contribution in [0.25, 0.3) is 0 Å². The SMILES string of the molecule is CCCCOCCCNCC1CNNC1c1ccccc1. The number of ether oxygens (including phenoxy) is 1. The van der Waals surface area contributed by atoms with Gasteiger partial charge < -0.3 is 10.1 Å². The normalized spacial score (nSPS) is 21.8. The van der Waals surface area contributed by atoms with Crippen molar-refractivity contribution in [2.45, 2.75) is 32.2 Å². The smallest absolute Gasteiger partial charge is 0.0515 e. The molecule has 4 heteroatoms. The largest absolute Gasteiger partial charge is 0.381 e. The number of hydrogen-bond donors (Lipinski definition) is 3. The Morgan fingerprint density at radius 2 is 2.00 bits per heavy atom. The first kappa shape index (κ1) is 16.4. The van der Waals surface area contributed by atoms with Crippen LogP contribution in [0.15, 0.2) is 30.3 Å². The molecule has 1 aromatic rings. The second kappa shape index (κ2) is 9.90. The zero-order valence-electron chi connectivity index (χ0n) is 13.1. The van der Waals surface area contributed by atoms with Gasteiger partial charge in [0.05, 0.1) is 6.04 Å². The van der Waals surface area contributed by atoms with Crippen LogP contribution in [0.5, 0.6) is 0 Å². The third-order valence-corrected chi connectivity index (χ3v) is 3.94. The molecule has 3 N–H and O–H groups in total. The maximum atomic E-state index is 5.57. The molecule has 1 aromatic carbocycles. The lowest BCUT2D eigenvalue weighted by molar-refractivity contribution is 0.128. The maximum absolute atomic E-state index is 5.57. The van der Waals surface area contributed by atoms with Gasteiger partial charge in [0.1, 0.15) is 0 Å². The van der Waals surface area contributed by atoms with Crippen LogP contribution < -0.4 is 16.2 Å². The van der Waals surface area contributed by atoms with Gasteiger partial charge in [-0.15, -0.1) is 0 Å². The number of hydrogen-bond acceptors (Lipinski definition) is 4. The molecule has 2 atom stereocenters. The highest BCUT2D eigenvalue weighted by Crippen LogP contribution is 2.23. The predicted octanol–water partition coefficient (Wildman–Crippen LogP) is 2.25. The zero-order valence-corrected chi connectivity index (χ0v) is 13.1. The lowest BCUT2D eigenvalue weighted by Crippen LogP contribution is -2.29. The quantitative estimate of drug-likeness (QED) is 0.579. The summed E-state index contributed by atoms with van der Waals surface area (Å²) in [6.07, 6.45) is 3.47. The van der Waals surface area contributed by atoms with E-state index in [-0.39, 0.29) is 0 Å². The van der Waals surface area contributed by atoms with Gasteiger partial charge in [-0.1, -0.05) is 43.7 Å². The van der Waals surface area contributed by atoms with Crippen molar-refractivity contribution >= 4 is 0 Å². The molecule has 118 valence electrons. The first-order chi connectivity index (χ1) is 10.4. The molecule has 0 spiro atoms. The van der Waals surface area contributed by atoms with Crippen molar-refractivity contribution < 1.29 is 4.74 Å². The number of hydrazine groups is 1. The van der Waals surface area contributed by atoms with Crippen LogP contribution in [0.3, 0.4) is 0 Å². The Morgan fingerprint density at radius 1 is 1.19 bits per heavy atom. The second-order valence-corrected chi connectivity index (χ2v) is 5.70. The van der Waals surface area contributed by atoms with Gasteiger partial charge in [-0.3, -0.25) is 5.43 Å². The van der Waals surface area contributed by atoms with Gasteiger partial charge in [0, 0.05) is 32.2 Å². The summed E-state index contributed by atoms with van der Waals surface area (Å²) in [4.78, 5) is 0. The van der Waals surface area contributed by atoms with E-state index in [1.165, 1.54) is 18.4 Å². The van der Waals surface area contributed by atoms with Crippen LogP contribution in [-0.4, -0.2) is 32.8 Å². The van der Waals surface area contributed by atoms with Crippen LogP contribution in [0.2, 0.25) is 0 Å². The van der Waals surface area contributed by atoms with Gasteiger partial charge in [0.15, 0.2) is 0 Å². The summed E-state index contributed by atoms with van der Waals surface area (Å²) in [6, 6.07) is 11.1. The Labute approximate surface area is 128 Å². The van der Waals surface area contributed by atoms with E-state index in [2.05, 4.69) is 53.4 Å². The molecule has 0 saturated carbocycles. The van der Waals surface area contributed by atoms with E-state index < -0.39 is 0 Å². The van der Waals surface area contributed by atoms with E-state index in [0.717, 1.165) is 39.3 Å². The van der Waals surface area contributed by atoms with Crippen LogP contribution in [0, 0.1) is 5.92 Å². The van der Waals surface area contributed by atoms with Gasteiger partial charge in [0.25, 0.3) is 0 Å². The highest BCUT2D eigenvalue weighted by molar-refractivity contribution is 5.20. The second-order valence-electron chi connectivity index (χ2n) is 5.70. The molecule has 1 aliphatic rings. The number of rotatable bonds is 10. The minimum Gasteiger partial charge on any atom is -0.381 e. The first-order valence-corrected chi connectivity index (χ1v) is 8.23. The van der Waals surface area contributed by atoms with Crippen molar-refractivity contribution in [1.82, 2.24) is 16.2 Å². The average molecular weight is 291 g/mol. The molecule has 0 aromatic heterocycles. The van der Waals surface area contributed by atoms with Crippen LogP contribution in [0.4, 0.5) is 0 Å². The van der Waals surface area contributed by atoms with E-state index in [1.54, 1.807) is 0 Å². The minimum atomic E-state index is 0.402. The summed E-state index contributed by atoms with van der Waals surface area (Å²) in [6.45, 7) is 7.05. The van der Waals surface area contributed by atoms with E-state index in [0.29, 0.717) is 12.0 Å². The fourth-order valence-corrected chi connectivity index (χ4v) is 2.68. The molecule has 0 bridgehead atoms. The van der Waals surface area contributed by atoms with Gasteiger partial charge in [-0.05, 0) is 24.9 Å². The molecule has 0 amide bonds. The Balaban J connectivity index is 1.60. The molecular formula is C17H29N3O. The van der Waals surface area contributed by atoms with Crippen LogP contribution in [0.1, 0.15) is 37.8 Å². The van der Waals surface area contributed by atoms with E-state index in [1.807, 2.05) is 0 Å². The maximum Gasteiger partial charge on any atom is 0.0515 e. The summed E-state index contributed by atoms with van der Waals surface area (Å²) < 4.78 is 5.57. The highest BCUT2D eigenvalue weighted by atomic mass is 16.5. The predicted molar refractivity (Wildman–Crippen MR) is 87.0 cm³/mol. The van der Waals surface area contributed by atoms with Gasteiger partial charge >= 0.3 is 0 Å². The van der Waals surface area contributed by atoms with Crippen molar-refractivity contribution in [3.63, 3.8) is 0 Å². The molecule has 0 aliphatic carbocycles. The number of nitrogens with one attached hydrogen (secondary N) is 3. The Morgan fingerprint density at radius 3 is 2.81 bits per heavy atom. The lowest BCUT2D eigenvalue weighted by Gasteiger charge is -2.19. The van der Waals surface area contributed by atoms with Crippen LogP contribution in [-0.2, 0) is 4.74 Å². The Hall–Kier alpha value is -0.940. The summed E-state index contributed by atoms with van der Waals surface area (Å²) in [5.74, 6) is 0.591. The van der Waals surface area contributed by atoms with Crippen LogP contribution >= 0.6 is 0 Å². The summed E-state index contributed by atoms with van der Waals surface area (Å²) in [7, 11) is 0. The van der Waals surface area contributed by atoms with Crippen molar-refractivity contribution in [3.8, 4) is 0 Å². The fourth-order valence-electron chi connectivity index (χ4n) is 2.68. The monoisotopic (exact) mass is 291 g/mol. The molecular weight excluding hydrogens is 262 g/mol. The molecule has 2 rings (SSSR count). The third kappa shape index (κ3) is 5.75. The highest BCUT2D eigenvalue weighted by Gasteiger charge is 2.27. The van der Waals surface area contributed by atoms with E-state index in [4.69, 9.17) is 4.74 Å². The topological polar surface area (TPSA) is 45.3 Å². The average Bonchev–Trinajstić information content (AvgIpc) is 2.99. The fraction of sp³-hybridized carbons (Fsp3) is 0.647. The van der Waals surface area contributed by atoms with Crippen molar-refractivity contribution in [2.75, 3.05) is 32.8 Å². The molecule has 4 nitrogen and oxygen atoms in total. The number of benzene rings is 1. The van der Waals surface area contributed by atoms with Crippen molar-refractivity contribution in [2.24, 2.45) is 5.92 Å². The first-order valence-electron chi connectivity index (χ1n) is 8.23. The van der Waals surface area contributed by atoms with Gasteiger partial charge in [0.2, 0.25) is 0 Å². The molecule has 21 heavy (non-hydrogen) atoms. The van der Waals surface area contributed by atoms with E-state index >= 15 is 0 Å². The van der Waals surface area contributed by atoms with Gasteiger partial charge in [-0.2, -0.15) is 0 Å². The summed E-state index contributed by atoms with van der Waals surface area (Å²) in [5, 5.41) is 3.56. The van der Waals surface area contributed by atoms with E-state index in [9.17, 15) is 0 Å². The zero-order chi connectivity index (χ0) is 14.8. The third-order valence-electron chi connectivity index (χ3n) is 3.94. The molecule has 1 aliphatic heterocycles. The minimum absolute atomic E-state index is 0.402.